The van der Waals surface area contributed by atoms with E-state index in [-0.39, 0.29) is 17.8 Å². The quantitative estimate of drug-likeness (QED) is 0.567. The molecule has 21 heavy (non-hydrogen) atoms. The zero-order valence-corrected chi connectivity index (χ0v) is 12.8. The van der Waals surface area contributed by atoms with Crippen LogP contribution in [0.2, 0.25) is 0 Å². The number of nitrogens with one attached hydrogen (secondary N) is 3. The maximum absolute atomic E-state index is 12.1. The van der Waals surface area contributed by atoms with Gasteiger partial charge in [0.25, 0.3) is 5.91 Å². The number of H-pyrrole nitrogens is 1. The van der Waals surface area contributed by atoms with Gasteiger partial charge >= 0.3 is 0 Å². The first-order valence-electron chi connectivity index (χ1n) is 6.72. The van der Waals surface area contributed by atoms with Gasteiger partial charge < -0.3 is 16.4 Å². The number of hydrogen-bond acceptors (Lipinski definition) is 7. The molecule has 0 aliphatic heterocycles. The molecular weight excluding hydrogens is 290 g/mol. The van der Waals surface area contributed by atoms with Crippen molar-refractivity contribution in [2.24, 2.45) is 0 Å². The molecular formula is C12H19N7OS. The Hall–Kier alpha value is -2.16. The lowest BCUT2D eigenvalue weighted by Gasteiger charge is -2.10. The van der Waals surface area contributed by atoms with E-state index in [1.54, 1.807) is 0 Å². The summed E-state index contributed by atoms with van der Waals surface area (Å²) in [5.41, 5.74) is 6.20. The summed E-state index contributed by atoms with van der Waals surface area (Å²) in [6, 6.07) is 0.0519. The number of amides is 1. The lowest BCUT2D eigenvalue weighted by Crippen LogP contribution is -2.30. The molecule has 2 rings (SSSR count). The Bertz CT molecular complexity index is 578. The number of nitrogens with two attached hydrogens (primary N) is 1. The van der Waals surface area contributed by atoms with Crippen molar-refractivity contribution in [3.63, 3.8) is 0 Å². The summed E-state index contributed by atoms with van der Waals surface area (Å²) < 4.78 is 4.04. The first-order valence-corrected chi connectivity index (χ1v) is 7.49. The molecule has 0 bridgehead atoms. The van der Waals surface area contributed by atoms with E-state index in [9.17, 15) is 4.79 Å². The number of anilines is 2. The fraction of sp³-hybridized carbons (Fsp3) is 0.500. The van der Waals surface area contributed by atoms with Crippen molar-refractivity contribution in [3.8, 4) is 0 Å². The number of carbonyl (C=O) groups excluding carboxylic acids is 1. The molecule has 0 aliphatic carbocycles. The van der Waals surface area contributed by atoms with Crippen molar-refractivity contribution in [2.75, 3.05) is 17.6 Å². The van der Waals surface area contributed by atoms with Gasteiger partial charge in [-0.1, -0.05) is 0 Å². The number of carbonyl (C=O) groups is 1. The zero-order valence-electron chi connectivity index (χ0n) is 12.0. The second-order valence-corrected chi connectivity index (χ2v) is 5.64. The van der Waals surface area contributed by atoms with Gasteiger partial charge in [0.05, 0.1) is 0 Å². The van der Waals surface area contributed by atoms with Gasteiger partial charge in [0.2, 0.25) is 0 Å². The Balaban J connectivity index is 1.89. The van der Waals surface area contributed by atoms with Crippen LogP contribution >= 0.6 is 11.5 Å². The summed E-state index contributed by atoms with van der Waals surface area (Å²) in [6.07, 6.45) is 3.13. The molecule has 0 unspecified atom stereocenters. The van der Waals surface area contributed by atoms with Crippen molar-refractivity contribution in [1.29, 1.82) is 0 Å². The maximum atomic E-state index is 12.1. The summed E-state index contributed by atoms with van der Waals surface area (Å²) >= 11 is 1.20. The van der Waals surface area contributed by atoms with Gasteiger partial charge in [-0.25, -0.2) is 4.98 Å². The van der Waals surface area contributed by atoms with Crippen LogP contribution in [0.3, 0.4) is 0 Å². The largest absolute Gasteiger partial charge is 0.382 e. The minimum atomic E-state index is -0.200. The Kier molecular flexibility index (Phi) is 5.09. The number of aryl methyl sites for hydroxylation is 1. The summed E-state index contributed by atoms with van der Waals surface area (Å²) in [4.78, 5) is 16.1. The smallest absolute Gasteiger partial charge is 0.258 e. The molecule has 114 valence electrons. The van der Waals surface area contributed by atoms with Crippen LogP contribution in [0.15, 0.2) is 6.33 Å². The molecule has 0 aliphatic rings. The minimum absolute atomic E-state index is 0.0519. The van der Waals surface area contributed by atoms with E-state index in [1.807, 2.05) is 13.8 Å². The van der Waals surface area contributed by atoms with E-state index >= 15 is 0 Å². The van der Waals surface area contributed by atoms with E-state index in [0.29, 0.717) is 17.1 Å². The molecule has 2 heterocycles. The van der Waals surface area contributed by atoms with Gasteiger partial charge in [-0.05, 0) is 31.8 Å². The van der Waals surface area contributed by atoms with E-state index in [0.717, 1.165) is 18.7 Å². The van der Waals surface area contributed by atoms with Crippen molar-refractivity contribution >= 4 is 28.3 Å². The molecule has 0 fully saturated rings. The first kappa shape index (κ1) is 15.2. The van der Waals surface area contributed by atoms with Crippen LogP contribution in [0.5, 0.6) is 0 Å². The number of hydrogen-bond donors (Lipinski definition) is 4. The highest BCUT2D eigenvalue weighted by Gasteiger charge is 2.19. The first-order chi connectivity index (χ1) is 10.1. The molecule has 2 aromatic heterocycles. The normalized spacial score (nSPS) is 10.8. The molecule has 0 aromatic carbocycles. The molecule has 9 heteroatoms. The number of aromatic nitrogens is 4. The van der Waals surface area contributed by atoms with Crippen molar-refractivity contribution in [2.45, 2.75) is 32.7 Å². The van der Waals surface area contributed by atoms with Crippen LogP contribution in [-0.2, 0) is 6.42 Å². The number of aromatic amines is 1. The van der Waals surface area contributed by atoms with Gasteiger partial charge in [-0.15, -0.1) is 0 Å². The van der Waals surface area contributed by atoms with Crippen LogP contribution in [0.4, 0.5) is 10.8 Å². The molecule has 5 N–H and O–H groups in total. The van der Waals surface area contributed by atoms with Crippen LogP contribution < -0.4 is 16.4 Å². The van der Waals surface area contributed by atoms with E-state index in [1.165, 1.54) is 17.9 Å². The van der Waals surface area contributed by atoms with Gasteiger partial charge in [0.1, 0.15) is 22.7 Å². The van der Waals surface area contributed by atoms with E-state index in [2.05, 4.69) is 30.2 Å². The Morgan fingerprint density at radius 2 is 2.33 bits per heavy atom. The van der Waals surface area contributed by atoms with Crippen LogP contribution in [0, 0.1) is 0 Å². The molecule has 0 radical (unpaired) electrons. The highest BCUT2D eigenvalue weighted by atomic mass is 32.1. The predicted molar refractivity (Wildman–Crippen MR) is 82.3 cm³/mol. The monoisotopic (exact) mass is 309 g/mol. The summed E-state index contributed by atoms with van der Waals surface area (Å²) in [6.45, 7) is 4.50. The summed E-state index contributed by atoms with van der Waals surface area (Å²) in [7, 11) is 0. The average Bonchev–Trinajstić information content (AvgIpc) is 3.03. The molecule has 0 atom stereocenters. The standard InChI is InChI=1S/C12H19N7OS/c1-7(2)17-11(20)9-10(13)19-21-12(9)14-5-3-4-8-15-6-16-18-8/h6-7,14H,3-5H2,1-2H3,(H2,13,19)(H,17,20)(H,15,16,18). The lowest BCUT2D eigenvalue weighted by atomic mass is 10.2. The van der Waals surface area contributed by atoms with E-state index in [4.69, 9.17) is 5.73 Å². The van der Waals surface area contributed by atoms with Gasteiger partial charge in [0, 0.05) is 19.0 Å². The van der Waals surface area contributed by atoms with Crippen LogP contribution in [-0.4, -0.2) is 38.0 Å². The summed E-state index contributed by atoms with van der Waals surface area (Å²) in [5, 5.41) is 13.3. The minimum Gasteiger partial charge on any atom is -0.382 e. The third kappa shape index (κ3) is 4.15. The Morgan fingerprint density at radius 3 is 3.00 bits per heavy atom. The number of nitrogens with zero attached hydrogens (tertiary/aromatic N) is 3. The molecule has 0 saturated carbocycles. The van der Waals surface area contributed by atoms with Crippen molar-refractivity contribution in [3.05, 3.63) is 17.7 Å². The fourth-order valence-corrected chi connectivity index (χ4v) is 2.52. The van der Waals surface area contributed by atoms with E-state index < -0.39 is 0 Å². The van der Waals surface area contributed by atoms with Gasteiger partial charge in [-0.2, -0.15) is 9.47 Å². The van der Waals surface area contributed by atoms with Crippen LogP contribution in [0.25, 0.3) is 0 Å². The van der Waals surface area contributed by atoms with Crippen molar-refractivity contribution < 1.29 is 4.79 Å². The summed E-state index contributed by atoms with van der Waals surface area (Å²) in [5.74, 6) is 0.906. The highest BCUT2D eigenvalue weighted by Crippen LogP contribution is 2.26. The zero-order chi connectivity index (χ0) is 15.2. The van der Waals surface area contributed by atoms with Crippen LogP contribution in [0.1, 0.15) is 36.5 Å². The number of nitrogen functional groups attached to an aromatic ring is 1. The number of rotatable bonds is 7. The Labute approximate surface area is 126 Å². The molecule has 8 nitrogen and oxygen atoms in total. The van der Waals surface area contributed by atoms with Crippen molar-refractivity contribution in [1.82, 2.24) is 24.9 Å². The molecule has 0 saturated heterocycles. The highest BCUT2D eigenvalue weighted by molar-refractivity contribution is 7.11. The topological polar surface area (TPSA) is 122 Å². The Morgan fingerprint density at radius 1 is 1.52 bits per heavy atom. The average molecular weight is 309 g/mol. The second kappa shape index (κ2) is 7.02. The lowest BCUT2D eigenvalue weighted by molar-refractivity contribution is 0.0945. The van der Waals surface area contributed by atoms with Gasteiger partial charge in [-0.3, -0.25) is 9.89 Å². The molecule has 1 amide bonds. The predicted octanol–water partition coefficient (Wildman–Crippen LogP) is 1.03. The third-order valence-corrected chi connectivity index (χ3v) is 3.53. The SMILES string of the molecule is CC(C)NC(=O)c1c(N)nsc1NCCCc1ncn[nH]1. The molecule has 2 aromatic rings. The molecule has 0 spiro atoms. The fourth-order valence-electron chi connectivity index (χ4n) is 1.79. The maximum Gasteiger partial charge on any atom is 0.258 e. The third-order valence-electron chi connectivity index (χ3n) is 2.71. The van der Waals surface area contributed by atoms with Gasteiger partial charge in [0.15, 0.2) is 5.82 Å². The second-order valence-electron chi connectivity index (χ2n) is 4.86.